The van der Waals surface area contributed by atoms with Crippen LogP contribution in [0.3, 0.4) is 0 Å². The molecule has 0 aromatic carbocycles. The van der Waals surface area contributed by atoms with Gasteiger partial charge in [0.2, 0.25) is 5.91 Å². The number of ether oxygens (including phenoxy) is 1. The maximum absolute atomic E-state index is 12.0. The summed E-state index contributed by atoms with van der Waals surface area (Å²) in [6.45, 7) is 4.33. The number of carboxylic acid groups (broad SMARTS) is 1. The molecule has 5 heteroatoms. The Hall–Kier alpha value is -1.10. The minimum absolute atomic E-state index is 0.134. The quantitative estimate of drug-likeness (QED) is 0.686. The van der Waals surface area contributed by atoms with Gasteiger partial charge in [0, 0.05) is 32.5 Å². The molecule has 1 atom stereocenters. The monoisotopic (exact) mass is 271 g/mol. The van der Waals surface area contributed by atoms with E-state index in [1.807, 2.05) is 4.90 Å². The van der Waals surface area contributed by atoms with Crippen LogP contribution >= 0.6 is 0 Å². The third kappa shape index (κ3) is 6.57. The Balaban J connectivity index is 2.21. The molecule has 1 rings (SSSR count). The molecule has 19 heavy (non-hydrogen) atoms. The zero-order valence-corrected chi connectivity index (χ0v) is 11.8. The number of rotatable bonds is 8. The highest BCUT2D eigenvalue weighted by molar-refractivity contribution is 5.76. The molecule has 1 amide bonds. The molecule has 1 N–H and O–H groups in total. The Labute approximate surface area is 114 Å². The van der Waals surface area contributed by atoms with Crippen molar-refractivity contribution < 1.29 is 19.4 Å². The molecule has 0 aromatic heterocycles. The maximum atomic E-state index is 12.0. The third-order valence-corrected chi connectivity index (χ3v) is 3.32. The van der Waals surface area contributed by atoms with Crippen molar-refractivity contribution in [1.82, 2.24) is 4.90 Å². The van der Waals surface area contributed by atoms with Crippen LogP contribution in [0.25, 0.3) is 0 Å². The van der Waals surface area contributed by atoms with Crippen molar-refractivity contribution in [3.05, 3.63) is 0 Å². The number of hydrogen-bond acceptors (Lipinski definition) is 3. The van der Waals surface area contributed by atoms with Gasteiger partial charge in [0.25, 0.3) is 0 Å². The zero-order valence-electron chi connectivity index (χ0n) is 11.8. The highest BCUT2D eigenvalue weighted by atomic mass is 16.5. The van der Waals surface area contributed by atoms with Crippen molar-refractivity contribution in [2.75, 3.05) is 19.7 Å². The molecule has 0 aliphatic carbocycles. The van der Waals surface area contributed by atoms with Crippen molar-refractivity contribution in [2.24, 2.45) is 0 Å². The molecule has 0 saturated carbocycles. The molecule has 0 spiro atoms. The normalized spacial score (nSPS) is 19.4. The van der Waals surface area contributed by atoms with Gasteiger partial charge in [-0.1, -0.05) is 6.92 Å². The summed E-state index contributed by atoms with van der Waals surface area (Å²) in [5.41, 5.74) is 0. The molecule has 0 radical (unpaired) electrons. The standard InChI is InChI=1S/C14H25NO4/c1-2-10-19-12-6-5-9-15(11-12)13(16)7-3-4-8-14(17)18/h12H,2-11H2,1H3,(H,17,18). The molecule has 0 aromatic rings. The minimum atomic E-state index is -0.793. The van der Waals surface area contributed by atoms with Gasteiger partial charge < -0.3 is 14.7 Å². The lowest BCUT2D eigenvalue weighted by Gasteiger charge is -2.32. The predicted octanol–water partition coefficient (Wildman–Crippen LogP) is 2.05. The molecule has 1 unspecified atom stereocenters. The Morgan fingerprint density at radius 1 is 1.32 bits per heavy atom. The van der Waals surface area contributed by atoms with Crippen LogP contribution in [0, 0.1) is 0 Å². The largest absolute Gasteiger partial charge is 0.481 e. The van der Waals surface area contributed by atoms with E-state index in [9.17, 15) is 9.59 Å². The van der Waals surface area contributed by atoms with Crippen molar-refractivity contribution in [2.45, 2.75) is 58.0 Å². The average Bonchev–Trinajstić information content (AvgIpc) is 2.41. The molecule has 1 aliphatic rings. The second-order valence-electron chi connectivity index (χ2n) is 5.08. The van der Waals surface area contributed by atoms with Crippen LogP contribution in [0.1, 0.15) is 51.9 Å². The van der Waals surface area contributed by atoms with Gasteiger partial charge in [-0.3, -0.25) is 9.59 Å². The number of unbranched alkanes of at least 4 members (excludes halogenated alkanes) is 1. The Kier molecular flexibility index (Phi) is 7.48. The highest BCUT2D eigenvalue weighted by Crippen LogP contribution is 2.15. The number of carbonyl (C=O) groups is 2. The molecule has 1 fully saturated rings. The van der Waals surface area contributed by atoms with E-state index in [1.165, 1.54) is 0 Å². The number of nitrogens with zero attached hydrogens (tertiary/aromatic N) is 1. The molecule has 1 saturated heterocycles. The lowest BCUT2D eigenvalue weighted by Crippen LogP contribution is -2.43. The topological polar surface area (TPSA) is 66.8 Å². The molecule has 0 bridgehead atoms. The van der Waals surface area contributed by atoms with E-state index in [0.29, 0.717) is 25.8 Å². The van der Waals surface area contributed by atoms with Gasteiger partial charge in [-0.05, 0) is 32.1 Å². The summed E-state index contributed by atoms with van der Waals surface area (Å²) in [4.78, 5) is 24.2. The predicted molar refractivity (Wildman–Crippen MR) is 71.9 cm³/mol. The summed E-state index contributed by atoms with van der Waals surface area (Å²) < 4.78 is 5.70. The first kappa shape index (κ1) is 16.0. The van der Waals surface area contributed by atoms with Crippen LogP contribution in [0.2, 0.25) is 0 Å². The first-order valence-electron chi connectivity index (χ1n) is 7.24. The summed E-state index contributed by atoms with van der Waals surface area (Å²) in [6, 6.07) is 0. The molecular formula is C14H25NO4. The number of carbonyl (C=O) groups excluding carboxylic acids is 1. The third-order valence-electron chi connectivity index (χ3n) is 3.32. The zero-order chi connectivity index (χ0) is 14.1. The van der Waals surface area contributed by atoms with Crippen LogP contribution in [0.15, 0.2) is 0 Å². The number of amides is 1. The molecule has 5 nitrogen and oxygen atoms in total. The van der Waals surface area contributed by atoms with Crippen LogP contribution in [-0.4, -0.2) is 47.7 Å². The first-order chi connectivity index (χ1) is 9.13. The lowest BCUT2D eigenvalue weighted by molar-refractivity contribution is -0.138. The van der Waals surface area contributed by atoms with E-state index in [4.69, 9.17) is 9.84 Å². The van der Waals surface area contributed by atoms with Crippen molar-refractivity contribution >= 4 is 11.9 Å². The van der Waals surface area contributed by atoms with Crippen LogP contribution in [0.4, 0.5) is 0 Å². The SMILES string of the molecule is CCCOC1CCCN(C(=O)CCCCC(=O)O)C1. The van der Waals surface area contributed by atoms with Gasteiger partial charge in [-0.15, -0.1) is 0 Å². The lowest BCUT2D eigenvalue weighted by atomic mass is 10.1. The van der Waals surface area contributed by atoms with Gasteiger partial charge in [0.15, 0.2) is 0 Å². The Bertz CT molecular complexity index is 293. The molecular weight excluding hydrogens is 246 g/mol. The summed E-state index contributed by atoms with van der Waals surface area (Å²) >= 11 is 0. The maximum Gasteiger partial charge on any atom is 0.303 e. The van der Waals surface area contributed by atoms with E-state index in [2.05, 4.69) is 6.92 Å². The minimum Gasteiger partial charge on any atom is -0.481 e. The van der Waals surface area contributed by atoms with Gasteiger partial charge in [-0.2, -0.15) is 0 Å². The second-order valence-corrected chi connectivity index (χ2v) is 5.08. The number of carboxylic acids is 1. The number of aliphatic carboxylic acids is 1. The number of hydrogen-bond donors (Lipinski definition) is 1. The summed E-state index contributed by atoms with van der Waals surface area (Å²) in [5, 5.41) is 8.53. The van der Waals surface area contributed by atoms with Crippen molar-refractivity contribution in [1.29, 1.82) is 0 Å². The van der Waals surface area contributed by atoms with E-state index in [-0.39, 0.29) is 18.4 Å². The second kappa shape index (κ2) is 8.91. The van der Waals surface area contributed by atoms with E-state index in [1.54, 1.807) is 0 Å². The van der Waals surface area contributed by atoms with Gasteiger partial charge >= 0.3 is 5.97 Å². The fourth-order valence-corrected chi connectivity index (χ4v) is 2.30. The van der Waals surface area contributed by atoms with Gasteiger partial charge in [0.1, 0.15) is 0 Å². The molecule has 110 valence electrons. The van der Waals surface area contributed by atoms with Crippen LogP contribution in [0.5, 0.6) is 0 Å². The summed E-state index contributed by atoms with van der Waals surface area (Å²) in [7, 11) is 0. The fourth-order valence-electron chi connectivity index (χ4n) is 2.30. The Morgan fingerprint density at radius 3 is 2.74 bits per heavy atom. The summed E-state index contributed by atoms with van der Waals surface area (Å²) in [6.07, 6.45) is 5.03. The van der Waals surface area contributed by atoms with Crippen molar-refractivity contribution in [3.8, 4) is 0 Å². The molecule has 1 heterocycles. The van der Waals surface area contributed by atoms with E-state index in [0.717, 1.165) is 32.4 Å². The van der Waals surface area contributed by atoms with Crippen molar-refractivity contribution in [3.63, 3.8) is 0 Å². The number of piperidine rings is 1. The van der Waals surface area contributed by atoms with E-state index >= 15 is 0 Å². The highest BCUT2D eigenvalue weighted by Gasteiger charge is 2.23. The van der Waals surface area contributed by atoms with Gasteiger partial charge in [-0.25, -0.2) is 0 Å². The summed E-state index contributed by atoms with van der Waals surface area (Å²) in [5.74, 6) is -0.659. The Morgan fingerprint density at radius 2 is 2.05 bits per heavy atom. The van der Waals surface area contributed by atoms with Crippen LogP contribution < -0.4 is 0 Å². The average molecular weight is 271 g/mol. The smallest absolute Gasteiger partial charge is 0.303 e. The number of likely N-dealkylation sites (tertiary alicyclic amines) is 1. The van der Waals surface area contributed by atoms with Gasteiger partial charge in [0.05, 0.1) is 6.10 Å². The van der Waals surface area contributed by atoms with Crippen LogP contribution in [-0.2, 0) is 14.3 Å². The fraction of sp³-hybridized carbons (Fsp3) is 0.857. The van der Waals surface area contributed by atoms with E-state index < -0.39 is 5.97 Å². The molecule has 1 aliphatic heterocycles. The first-order valence-corrected chi connectivity index (χ1v) is 7.24.